The molecule has 0 aromatic carbocycles. The van der Waals surface area contributed by atoms with Gasteiger partial charge < -0.3 is 20.4 Å². The van der Waals surface area contributed by atoms with Gasteiger partial charge in [-0.3, -0.25) is 4.79 Å². The van der Waals surface area contributed by atoms with Crippen molar-refractivity contribution >= 4 is 12.0 Å². The monoisotopic (exact) mass is 288 g/mol. The molecule has 0 heterocycles. The first-order valence-corrected chi connectivity index (χ1v) is 7.12. The number of rotatable bonds is 9. The van der Waals surface area contributed by atoms with E-state index in [0.29, 0.717) is 19.5 Å². The Hall–Kier alpha value is -1.30. The van der Waals surface area contributed by atoms with E-state index in [1.807, 2.05) is 13.8 Å². The Morgan fingerprint density at radius 3 is 2.35 bits per heavy atom. The molecule has 0 saturated carbocycles. The van der Waals surface area contributed by atoms with Crippen LogP contribution in [0, 0.1) is 5.92 Å². The molecule has 20 heavy (non-hydrogen) atoms. The summed E-state index contributed by atoms with van der Waals surface area (Å²) in [5.74, 6) is -0.529. The first-order chi connectivity index (χ1) is 9.15. The van der Waals surface area contributed by atoms with E-state index >= 15 is 0 Å². The summed E-state index contributed by atoms with van der Waals surface area (Å²) in [6, 6.07) is -0.194. The fourth-order valence-electron chi connectivity index (χ4n) is 1.85. The third-order valence-electron chi connectivity index (χ3n) is 3.01. The predicted octanol–water partition coefficient (Wildman–Crippen LogP) is 1.68. The highest BCUT2D eigenvalue weighted by Crippen LogP contribution is 2.09. The number of aliphatic hydroxyl groups is 1. The molecule has 0 aromatic heterocycles. The van der Waals surface area contributed by atoms with E-state index in [9.17, 15) is 14.7 Å². The number of likely N-dealkylation sites (N-methyl/N-ethyl adjacent to an activating group) is 1. The van der Waals surface area contributed by atoms with Crippen LogP contribution in [0.3, 0.4) is 0 Å². The second-order valence-corrected chi connectivity index (χ2v) is 5.88. The molecule has 1 unspecified atom stereocenters. The number of hydrogen-bond donors (Lipinski definition) is 3. The van der Waals surface area contributed by atoms with Crippen molar-refractivity contribution in [2.45, 2.75) is 52.6 Å². The van der Waals surface area contributed by atoms with Gasteiger partial charge in [-0.05, 0) is 39.5 Å². The van der Waals surface area contributed by atoms with Crippen molar-refractivity contribution in [3.8, 4) is 0 Å². The number of amides is 2. The van der Waals surface area contributed by atoms with Crippen LogP contribution in [0.15, 0.2) is 0 Å². The van der Waals surface area contributed by atoms with Gasteiger partial charge in [-0.25, -0.2) is 4.79 Å². The highest BCUT2D eigenvalue weighted by Gasteiger charge is 2.20. The number of aliphatic carboxylic acids is 1. The minimum absolute atomic E-state index is 0.162. The van der Waals surface area contributed by atoms with Crippen LogP contribution in [0.1, 0.15) is 47.0 Å². The zero-order chi connectivity index (χ0) is 15.8. The minimum Gasteiger partial charge on any atom is -0.481 e. The van der Waals surface area contributed by atoms with Gasteiger partial charge in [-0.2, -0.15) is 0 Å². The number of carboxylic acid groups (broad SMARTS) is 1. The molecule has 118 valence electrons. The van der Waals surface area contributed by atoms with Crippen LogP contribution in [-0.4, -0.2) is 52.3 Å². The zero-order valence-electron chi connectivity index (χ0n) is 13.0. The lowest BCUT2D eigenvalue weighted by atomic mass is 10.0. The van der Waals surface area contributed by atoms with Gasteiger partial charge >= 0.3 is 12.0 Å². The fraction of sp³-hybridized carbons (Fsp3) is 0.857. The van der Waals surface area contributed by atoms with Gasteiger partial charge in [0.15, 0.2) is 0 Å². The van der Waals surface area contributed by atoms with Crippen LogP contribution in [0.4, 0.5) is 4.79 Å². The number of hydrogen-bond acceptors (Lipinski definition) is 3. The standard InChI is InChI=1S/C14H28N2O4/c1-5-16(10-14(3,4)20)13(19)15-9-8-11(2)6-7-12(17)18/h11,20H,5-10H2,1-4H3,(H,15,19)(H,17,18). The number of carboxylic acids is 1. The molecule has 1 atom stereocenters. The Kier molecular flexibility index (Phi) is 8.22. The largest absolute Gasteiger partial charge is 0.481 e. The Labute approximate surface area is 121 Å². The highest BCUT2D eigenvalue weighted by molar-refractivity contribution is 5.74. The van der Waals surface area contributed by atoms with E-state index in [-0.39, 0.29) is 24.9 Å². The van der Waals surface area contributed by atoms with Gasteiger partial charge in [0.05, 0.1) is 12.1 Å². The number of nitrogens with one attached hydrogen (secondary N) is 1. The third-order valence-corrected chi connectivity index (χ3v) is 3.01. The Morgan fingerprint density at radius 1 is 1.30 bits per heavy atom. The van der Waals surface area contributed by atoms with Crippen molar-refractivity contribution in [2.75, 3.05) is 19.6 Å². The quantitative estimate of drug-likeness (QED) is 0.602. The number of nitrogens with zero attached hydrogens (tertiary/aromatic N) is 1. The molecule has 0 radical (unpaired) electrons. The maximum absolute atomic E-state index is 11.9. The Balaban J connectivity index is 3.99. The molecule has 0 aliphatic heterocycles. The average Bonchev–Trinajstić information content (AvgIpc) is 2.32. The van der Waals surface area contributed by atoms with Gasteiger partial charge in [0.25, 0.3) is 0 Å². The van der Waals surface area contributed by atoms with Crippen molar-refractivity contribution in [3.05, 3.63) is 0 Å². The zero-order valence-corrected chi connectivity index (χ0v) is 13.0. The highest BCUT2D eigenvalue weighted by atomic mass is 16.4. The van der Waals surface area contributed by atoms with Crippen LogP contribution in [0.25, 0.3) is 0 Å². The molecule has 0 bridgehead atoms. The average molecular weight is 288 g/mol. The van der Waals surface area contributed by atoms with Crippen molar-refractivity contribution < 1.29 is 19.8 Å². The lowest BCUT2D eigenvalue weighted by molar-refractivity contribution is -0.137. The summed E-state index contributed by atoms with van der Waals surface area (Å²) < 4.78 is 0. The summed E-state index contributed by atoms with van der Waals surface area (Å²) in [5, 5.41) is 21.1. The Morgan fingerprint density at radius 2 is 1.90 bits per heavy atom. The second-order valence-electron chi connectivity index (χ2n) is 5.88. The van der Waals surface area contributed by atoms with E-state index < -0.39 is 11.6 Å². The first kappa shape index (κ1) is 18.7. The molecule has 0 aromatic rings. The van der Waals surface area contributed by atoms with Gasteiger partial charge in [-0.1, -0.05) is 6.92 Å². The van der Waals surface area contributed by atoms with E-state index in [1.165, 1.54) is 0 Å². The lowest BCUT2D eigenvalue weighted by Gasteiger charge is -2.28. The van der Waals surface area contributed by atoms with Crippen molar-refractivity contribution in [3.63, 3.8) is 0 Å². The topological polar surface area (TPSA) is 89.9 Å². The SMILES string of the molecule is CCN(CC(C)(C)O)C(=O)NCCC(C)CCC(=O)O. The molecule has 0 fully saturated rings. The molecule has 0 spiro atoms. The van der Waals surface area contributed by atoms with Crippen LogP contribution in [0.5, 0.6) is 0 Å². The van der Waals surface area contributed by atoms with Crippen LogP contribution < -0.4 is 5.32 Å². The maximum Gasteiger partial charge on any atom is 0.317 e. The molecular weight excluding hydrogens is 260 g/mol. The molecule has 0 rings (SSSR count). The van der Waals surface area contributed by atoms with Crippen molar-refractivity contribution in [1.82, 2.24) is 10.2 Å². The summed E-state index contributed by atoms with van der Waals surface area (Å²) in [7, 11) is 0. The summed E-state index contributed by atoms with van der Waals surface area (Å²) in [4.78, 5) is 23.9. The number of carbonyl (C=O) groups excluding carboxylic acids is 1. The maximum atomic E-state index is 11.9. The van der Waals surface area contributed by atoms with E-state index in [4.69, 9.17) is 5.11 Å². The van der Waals surface area contributed by atoms with Crippen LogP contribution >= 0.6 is 0 Å². The van der Waals surface area contributed by atoms with E-state index in [0.717, 1.165) is 6.42 Å². The molecule has 6 heteroatoms. The molecule has 0 aliphatic rings. The minimum atomic E-state index is -0.915. The van der Waals surface area contributed by atoms with Crippen molar-refractivity contribution in [2.24, 2.45) is 5.92 Å². The summed E-state index contributed by atoms with van der Waals surface area (Å²) >= 11 is 0. The summed E-state index contributed by atoms with van der Waals surface area (Å²) in [6.07, 6.45) is 1.53. The molecule has 0 saturated heterocycles. The normalized spacial score (nSPS) is 12.8. The molecule has 0 aliphatic carbocycles. The first-order valence-electron chi connectivity index (χ1n) is 7.12. The second kappa shape index (κ2) is 8.79. The third kappa shape index (κ3) is 9.61. The van der Waals surface area contributed by atoms with Gasteiger partial charge in [0.1, 0.15) is 0 Å². The van der Waals surface area contributed by atoms with Crippen molar-refractivity contribution in [1.29, 1.82) is 0 Å². The Bertz CT molecular complexity index is 313. The molecule has 6 nitrogen and oxygen atoms in total. The summed E-state index contributed by atoms with van der Waals surface area (Å²) in [6.45, 7) is 8.49. The van der Waals surface area contributed by atoms with Gasteiger partial charge in [-0.15, -0.1) is 0 Å². The van der Waals surface area contributed by atoms with Gasteiger partial charge in [0, 0.05) is 19.5 Å². The number of carbonyl (C=O) groups is 2. The summed E-state index contributed by atoms with van der Waals surface area (Å²) in [5.41, 5.74) is -0.915. The van der Waals surface area contributed by atoms with Gasteiger partial charge in [0.2, 0.25) is 0 Å². The molecular formula is C14H28N2O4. The lowest BCUT2D eigenvalue weighted by Crippen LogP contribution is -2.47. The van der Waals surface area contributed by atoms with E-state index in [1.54, 1.807) is 18.7 Å². The predicted molar refractivity (Wildman–Crippen MR) is 77.6 cm³/mol. The fourth-order valence-corrected chi connectivity index (χ4v) is 1.85. The van der Waals surface area contributed by atoms with E-state index in [2.05, 4.69) is 5.32 Å². The molecule has 2 amide bonds. The smallest absolute Gasteiger partial charge is 0.317 e. The molecule has 3 N–H and O–H groups in total. The van der Waals surface area contributed by atoms with Crippen LogP contribution in [0.2, 0.25) is 0 Å². The number of urea groups is 1. The van der Waals surface area contributed by atoms with Crippen LogP contribution in [-0.2, 0) is 4.79 Å².